The standard InChI is InChI=1S/C53H57N7O7/c1-36(2)31-58(32-37(3)4)34-55-49-48-50(57-51(56-49)67-52(62)60(41-18-12-8-13-19-41)42-20-14-9-15-21-42)59(35-54-48)47-30-45(61)46(66-47)33-65-53(38-16-10-7-11-17-38,39-22-26-43(63-5)27-23-39)40-24-28-44(64-6)29-25-40/h7-29,34-37,45-47,61H,30-33H2,1-6H3/t45-,46+,47+/m0/s1. The van der Waals surface area contributed by atoms with Crippen LogP contribution < -0.4 is 19.1 Å². The summed E-state index contributed by atoms with van der Waals surface area (Å²) in [6.45, 7) is 10.2. The van der Waals surface area contributed by atoms with Gasteiger partial charge in [-0.2, -0.15) is 9.97 Å². The van der Waals surface area contributed by atoms with Gasteiger partial charge in [-0.15, -0.1) is 0 Å². The SMILES string of the molecule is COc1ccc(C(OC[C@H]2O[C@@H](n3cnc4c(N=CN(CC(C)C)CC(C)C)nc(OC(=O)N(c5ccccc5)c5ccccc5)nc43)C[C@@H]2O)(c2ccccc2)c2ccc(OC)cc2)cc1. The fourth-order valence-electron chi connectivity index (χ4n) is 8.43. The third-order valence-corrected chi connectivity index (χ3v) is 11.5. The number of aliphatic hydroxyl groups is 1. The molecule has 14 heteroatoms. The first-order valence-electron chi connectivity index (χ1n) is 22.5. The van der Waals surface area contributed by atoms with Crippen LogP contribution in [0, 0.1) is 11.8 Å². The summed E-state index contributed by atoms with van der Waals surface area (Å²) >= 11 is 0. The lowest BCUT2D eigenvalue weighted by Crippen LogP contribution is -2.38. The molecule has 0 radical (unpaired) electrons. The number of para-hydroxylation sites is 2. The van der Waals surface area contributed by atoms with Gasteiger partial charge in [0.2, 0.25) is 0 Å². The van der Waals surface area contributed by atoms with E-state index in [1.807, 2.05) is 140 Å². The number of benzene rings is 5. The number of fused-ring (bicyclic) bond motifs is 1. The van der Waals surface area contributed by atoms with Crippen molar-refractivity contribution in [3.63, 3.8) is 0 Å². The lowest BCUT2D eigenvalue weighted by Gasteiger charge is -2.37. The third kappa shape index (κ3) is 10.5. The molecule has 3 atom stereocenters. The minimum absolute atomic E-state index is 0.000975. The quantitative estimate of drug-likeness (QED) is 0.0499. The van der Waals surface area contributed by atoms with E-state index in [9.17, 15) is 9.90 Å². The minimum atomic E-state index is -1.13. The van der Waals surface area contributed by atoms with E-state index in [0.29, 0.717) is 45.9 Å². The first kappa shape index (κ1) is 46.4. The number of imidazole rings is 1. The molecule has 0 bridgehead atoms. The van der Waals surface area contributed by atoms with Crippen molar-refractivity contribution in [3.8, 4) is 17.5 Å². The van der Waals surface area contributed by atoms with Crippen molar-refractivity contribution in [1.82, 2.24) is 24.4 Å². The Balaban J connectivity index is 1.14. The molecular formula is C53H57N7O7. The van der Waals surface area contributed by atoms with E-state index in [-0.39, 0.29) is 24.9 Å². The number of carbonyl (C=O) groups is 1. The number of hydrogen-bond acceptors (Lipinski definition) is 11. The predicted octanol–water partition coefficient (Wildman–Crippen LogP) is 10.1. The zero-order valence-electron chi connectivity index (χ0n) is 38.7. The number of aromatic nitrogens is 4. The highest BCUT2D eigenvalue weighted by Crippen LogP contribution is 2.43. The maximum atomic E-state index is 14.2. The minimum Gasteiger partial charge on any atom is -0.497 e. The van der Waals surface area contributed by atoms with Crippen molar-refractivity contribution in [1.29, 1.82) is 0 Å². The lowest BCUT2D eigenvalue weighted by molar-refractivity contribution is -0.0931. The summed E-state index contributed by atoms with van der Waals surface area (Å²) in [4.78, 5) is 36.9. The van der Waals surface area contributed by atoms with E-state index in [1.54, 1.807) is 31.5 Å². The molecule has 2 aromatic heterocycles. The highest BCUT2D eigenvalue weighted by atomic mass is 16.6. The third-order valence-electron chi connectivity index (χ3n) is 11.5. The van der Waals surface area contributed by atoms with E-state index in [1.165, 1.54) is 4.90 Å². The maximum Gasteiger partial charge on any atom is 0.426 e. The summed E-state index contributed by atoms with van der Waals surface area (Å²) in [6.07, 6.45) is 0.371. The second kappa shape index (κ2) is 21.0. The van der Waals surface area contributed by atoms with Crippen LogP contribution >= 0.6 is 0 Å². The Labute approximate surface area is 391 Å². The summed E-state index contributed by atoms with van der Waals surface area (Å²) in [7, 11) is 3.26. The van der Waals surface area contributed by atoms with Crippen LogP contribution in [0.3, 0.4) is 0 Å². The summed E-state index contributed by atoms with van der Waals surface area (Å²) in [6, 6.07) is 43.7. The van der Waals surface area contributed by atoms with Gasteiger partial charge in [0.15, 0.2) is 17.0 Å². The Hall–Kier alpha value is -7.13. The molecule has 1 N–H and O–H groups in total. The van der Waals surface area contributed by atoms with Crippen LogP contribution in [0.5, 0.6) is 17.5 Å². The molecule has 67 heavy (non-hydrogen) atoms. The van der Waals surface area contributed by atoms with E-state index >= 15 is 0 Å². The Morgan fingerprint density at radius 3 is 1.82 bits per heavy atom. The number of aliphatic imine (C=N–C) groups is 1. The van der Waals surface area contributed by atoms with Gasteiger partial charge in [-0.1, -0.05) is 119 Å². The molecular weight excluding hydrogens is 847 g/mol. The molecule has 7 aromatic rings. The fourth-order valence-corrected chi connectivity index (χ4v) is 8.43. The summed E-state index contributed by atoms with van der Waals surface area (Å²) in [5.41, 5.74) is 3.31. The average molecular weight is 904 g/mol. The lowest BCUT2D eigenvalue weighted by atomic mass is 9.80. The molecule has 1 aliphatic heterocycles. The highest BCUT2D eigenvalue weighted by Gasteiger charge is 2.42. The second-order valence-electron chi connectivity index (χ2n) is 17.3. The van der Waals surface area contributed by atoms with Gasteiger partial charge in [-0.25, -0.2) is 19.7 Å². The van der Waals surface area contributed by atoms with Gasteiger partial charge in [0, 0.05) is 19.5 Å². The number of hydrogen-bond donors (Lipinski definition) is 1. The van der Waals surface area contributed by atoms with Crippen molar-refractivity contribution < 1.29 is 33.6 Å². The molecule has 8 rings (SSSR count). The van der Waals surface area contributed by atoms with E-state index < -0.39 is 30.1 Å². The molecule has 1 fully saturated rings. The Morgan fingerprint density at radius 1 is 0.776 bits per heavy atom. The van der Waals surface area contributed by atoms with Gasteiger partial charge in [0.25, 0.3) is 0 Å². The highest BCUT2D eigenvalue weighted by molar-refractivity contribution is 5.97. The van der Waals surface area contributed by atoms with Gasteiger partial charge in [0.1, 0.15) is 29.4 Å². The van der Waals surface area contributed by atoms with Crippen LogP contribution in [0.4, 0.5) is 22.0 Å². The number of nitrogens with zero attached hydrogens (tertiary/aromatic N) is 7. The van der Waals surface area contributed by atoms with Gasteiger partial charge >= 0.3 is 12.1 Å². The topological polar surface area (TPSA) is 146 Å². The number of amides is 1. The molecule has 1 aliphatic rings. The van der Waals surface area contributed by atoms with E-state index in [2.05, 4.69) is 37.6 Å². The molecule has 0 spiro atoms. The largest absolute Gasteiger partial charge is 0.497 e. The average Bonchev–Trinajstić information content (AvgIpc) is 3.94. The first-order valence-corrected chi connectivity index (χ1v) is 22.5. The van der Waals surface area contributed by atoms with E-state index in [0.717, 1.165) is 29.8 Å². The van der Waals surface area contributed by atoms with Crippen LogP contribution in [0.2, 0.25) is 0 Å². The number of aliphatic hydroxyl groups excluding tert-OH is 1. The van der Waals surface area contributed by atoms with Crippen LogP contribution in [0.1, 0.15) is 57.0 Å². The normalized spacial score (nSPS) is 16.2. The first-order chi connectivity index (χ1) is 32.6. The predicted molar refractivity (Wildman–Crippen MR) is 259 cm³/mol. The Kier molecular flexibility index (Phi) is 14.6. The van der Waals surface area contributed by atoms with Crippen molar-refractivity contribution >= 4 is 40.8 Å². The number of ether oxygens (including phenoxy) is 5. The molecule has 0 unspecified atom stereocenters. The number of carbonyl (C=O) groups excluding carboxylic acids is 1. The molecule has 346 valence electrons. The second-order valence-corrected chi connectivity index (χ2v) is 17.3. The molecule has 1 amide bonds. The molecule has 14 nitrogen and oxygen atoms in total. The van der Waals surface area contributed by atoms with Gasteiger partial charge in [0.05, 0.1) is 51.0 Å². The summed E-state index contributed by atoms with van der Waals surface area (Å²) in [5, 5.41) is 11.8. The molecule has 3 heterocycles. The van der Waals surface area contributed by atoms with Crippen molar-refractivity contribution in [2.75, 3.05) is 38.8 Å². The summed E-state index contributed by atoms with van der Waals surface area (Å²) < 4.78 is 32.6. The van der Waals surface area contributed by atoms with Crippen LogP contribution in [-0.2, 0) is 15.1 Å². The molecule has 0 saturated carbocycles. The van der Waals surface area contributed by atoms with Crippen molar-refractivity contribution in [2.45, 2.75) is 58.2 Å². The Bertz CT molecular complexity index is 2620. The van der Waals surface area contributed by atoms with Gasteiger partial charge < -0.3 is 33.7 Å². The van der Waals surface area contributed by atoms with Crippen LogP contribution in [0.25, 0.3) is 11.2 Å². The number of rotatable bonds is 18. The van der Waals surface area contributed by atoms with Crippen molar-refractivity contribution in [2.24, 2.45) is 16.8 Å². The molecule has 1 saturated heterocycles. The van der Waals surface area contributed by atoms with Gasteiger partial charge in [-0.05, 0) is 77.1 Å². The van der Waals surface area contributed by atoms with Crippen LogP contribution in [0.15, 0.2) is 151 Å². The fraction of sp³-hybridized carbons (Fsp3) is 0.302. The number of methoxy groups -OCH3 is 2. The van der Waals surface area contributed by atoms with Gasteiger partial charge in [-0.3, -0.25) is 4.57 Å². The monoisotopic (exact) mass is 903 g/mol. The zero-order valence-corrected chi connectivity index (χ0v) is 38.7. The zero-order chi connectivity index (χ0) is 46.9. The van der Waals surface area contributed by atoms with Crippen molar-refractivity contribution in [3.05, 3.63) is 163 Å². The molecule has 5 aromatic carbocycles. The molecule has 0 aliphatic carbocycles. The van der Waals surface area contributed by atoms with Crippen LogP contribution in [-0.4, -0.2) is 88.1 Å². The Morgan fingerprint density at radius 2 is 1.30 bits per heavy atom. The van der Waals surface area contributed by atoms with E-state index in [4.69, 9.17) is 38.6 Å². The smallest absolute Gasteiger partial charge is 0.426 e. The maximum absolute atomic E-state index is 14.2. The summed E-state index contributed by atoms with van der Waals surface area (Å²) in [5.74, 6) is 2.37. The number of anilines is 2.